The second-order valence-corrected chi connectivity index (χ2v) is 7.93. The fraction of sp³-hybridized carbons (Fsp3) is 0.692. The first kappa shape index (κ1) is 14.7. The summed E-state index contributed by atoms with van der Waals surface area (Å²) < 4.78 is 30.6. The zero-order chi connectivity index (χ0) is 15.1. The fourth-order valence-corrected chi connectivity index (χ4v) is 3.89. The number of rotatable bonds is 3. The lowest BCUT2D eigenvalue weighted by Gasteiger charge is -2.22. The van der Waals surface area contributed by atoms with Crippen molar-refractivity contribution in [3.63, 3.8) is 0 Å². The summed E-state index contributed by atoms with van der Waals surface area (Å²) in [5, 5.41) is 11.4. The maximum atomic E-state index is 11.6. The third kappa shape index (κ3) is 3.17. The molecule has 0 bridgehead atoms. The van der Waals surface area contributed by atoms with Gasteiger partial charge in [-0.1, -0.05) is 0 Å². The summed E-state index contributed by atoms with van der Waals surface area (Å²) in [5.74, 6) is 0.726. The minimum Gasteiger partial charge on any atom is -0.371 e. The molecule has 1 aromatic heterocycles. The number of aryl methyl sites for hydroxylation is 1. The molecule has 0 radical (unpaired) electrons. The van der Waals surface area contributed by atoms with Gasteiger partial charge in [-0.3, -0.25) is 0 Å². The first-order valence-corrected chi connectivity index (χ1v) is 8.87. The number of aromatic nitrogens is 2. The molecule has 2 atom stereocenters. The topological polar surface area (TPSA) is 84.4 Å². The molecule has 0 unspecified atom stereocenters. The normalized spacial score (nSPS) is 30.1. The van der Waals surface area contributed by atoms with Gasteiger partial charge in [-0.05, 0) is 25.5 Å². The highest BCUT2D eigenvalue weighted by atomic mass is 32.2. The van der Waals surface area contributed by atoms with Crippen molar-refractivity contribution < 1.29 is 13.2 Å². The summed E-state index contributed by atoms with van der Waals surface area (Å²) in [5.41, 5.74) is 0.526. The zero-order valence-corrected chi connectivity index (χ0v) is 13.1. The molecular formula is C13H20N4O3S. The van der Waals surface area contributed by atoms with E-state index in [-0.39, 0.29) is 11.6 Å². The molecule has 1 N–H and O–H groups in total. The average Bonchev–Trinajstić information content (AvgIpc) is 3.00. The molecule has 0 amide bonds. The maximum absolute atomic E-state index is 11.6. The molecule has 8 heteroatoms. The highest BCUT2D eigenvalue weighted by molar-refractivity contribution is 7.88. The van der Waals surface area contributed by atoms with Crippen LogP contribution in [-0.2, 0) is 14.8 Å². The highest BCUT2D eigenvalue weighted by Crippen LogP contribution is 2.36. The van der Waals surface area contributed by atoms with Gasteiger partial charge in [-0.2, -0.15) is 9.40 Å². The van der Waals surface area contributed by atoms with Gasteiger partial charge in [0.15, 0.2) is 0 Å². The standard InChI is InChI=1S/C13H20N4O3S/c1-10-3-4-12(16-15-10)14-11-7-13(20-8-11)5-6-17(9-13)21(2,18)19/h3-4,11H,5-9H2,1-2H3,(H,14,16)/t11-,13+/m1/s1. The Labute approximate surface area is 124 Å². The van der Waals surface area contributed by atoms with E-state index in [1.807, 2.05) is 19.1 Å². The average molecular weight is 312 g/mol. The number of hydrogen-bond acceptors (Lipinski definition) is 6. The van der Waals surface area contributed by atoms with Crippen molar-refractivity contribution in [2.45, 2.75) is 31.4 Å². The van der Waals surface area contributed by atoms with Crippen molar-refractivity contribution in [3.8, 4) is 0 Å². The number of hydrogen-bond donors (Lipinski definition) is 1. The number of sulfonamides is 1. The van der Waals surface area contributed by atoms with Gasteiger partial charge in [0.1, 0.15) is 5.82 Å². The largest absolute Gasteiger partial charge is 0.371 e. The molecule has 0 aliphatic carbocycles. The van der Waals surface area contributed by atoms with Crippen LogP contribution in [0.25, 0.3) is 0 Å². The van der Waals surface area contributed by atoms with Crippen molar-refractivity contribution in [2.24, 2.45) is 0 Å². The lowest BCUT2D eigenvalue weighted by Crippen LogP contribution is -2.35. The minimum absolute atomic E-state index is 0.140. The third-order valence-electron chi connectivity index (χ3n) is 4.11. The summed E-state index contributed by atoms with van der Waals surface area (Å²) in [6, 6.07) is 3.94. The van der Waals surface area contributed by atoms with E-state index in [1.165, 1.54) is 10.6 Å². The lowest BCUT2D eigenvalue weighted by atomic mass is 9.97. The van der Waals surface area contributed by atoms with E-state index < -0.39 is 10.0 Å². The van der Waals surface area contributed by atoms with Gasteiger partial charge in [-0.25, -0.2) is 8.42 Å². The van der Waals surface area contributed by atoms with E-state index >= 15 is 0 Å². The molecule has 21 heavy (non-hydrogen) atoms. The van der Waals surface area contributed by atoms with Gasteiger partial charge in [0.25, 0.3) is 0 Å². The van der Waals surface area contributed by atoms with Gasteiger partial charge < -0.3 is 10.1 Å². The Morgan fingerprint density at radius 3 is 2.86 bits per heavy atom. The first-order valence-electron chi connectivity index (χ1n) is 7.02. The smallest absolute Gasteiger partial charge is 0.211 e. The third-order valence-corrected chi connectivity index (χ3v) is 5.36. The second kappa shape index (κ2) is 5.19. The van der Waals surface area contributed by atoms with Crippen molar-refractivity contribution >= 4 is 15.8 Å². The molecule has 1 aromatic rings. The Morgan fingerprint density at radius 2 is 2.24 bits per heavy atom. The minimum atomic E-state index is -3.14. The molecule has 0 aromatic carbocycles. The van der Waals surface area contributed by atoms with Crippen LogP contribution in [0.2, 0.25) is 0 Å². The summed E-state index contributed by atoms with van der Waals surface area (Å²) >= 11 is 0. The van der Waals surface area contributed by atoms with E-state index in [0.29, 0.717) is 19.7 Å². The van der Waals surface area contributed by atoms with Crippen LogP contribution in [0.1, 0.15) is 18.5 Å². The van der Waals surface area contributed by atoms with E-state index in [2.05, 4.69) is 15.5 Å². The van der Waals surface area contributed by atoms with Crippen LogP contribution in [-0.4, -0.2) is 60.5 Å². The van der Waals surface area contributed by atoms with Gasteiger partial charge >= 0.3 is 0 Å². The Bertz CT molecular complexity index is 619. The van der Waals surface area contributed by atoms with E-state index in [9.17, 15) is 8.42 Å². The van der Waals surface area contributed by atoms with Crippen molar-refractivity contribution in [3.05, 3.63) is 17.8 Å². The predicted octanol–water partition coefficient (Wildman–Crippen LogP) is 0.390. The molecule has 0 saturated carbocycles. The predicted molar refractivity (Wildman–Crippen MR) is 78.5 cm³/mol. The van der Waals surface area contributed by atoms with Crippen LogP contribution in [0.5, 0.6) is 0 Å². The Hall–Kier alpha value is -1.25. The molecule has 2 fully saturated rings. The monoisotopic (exact) mass is 312 g/mol. The Balaban J connectivity index is 1.62. The molecular weight excluding hydrogens is 292 g/mol. The van der Waals surface area contributed by atoms with Crippen LogP contribution in [0.3, 0.4) is 0 Å². The van der Waals surface area contributed by atoms with Crippen LogP contribution in [0, 0.1) is 6.92 Å². The summed E-state index contributed by atoms with van der Waals surface area (Å²) in [6.45, 7) is 3.44. The Kier molecular flexibility index (Phi) is 3.62. The highest BCUT2D eigenvalue weighted by Gasteiger charge is 2.47. The summed E-state index contributed by atoms with van der Waals surface area (Å²) in [7, 11) is -3.14. The molecule has 116 valence electrons. The first-order chi connectivity index (χ1) is 9.86. The van der Waals surface area contributed by atoms with Gasteiger partial charge in [0.2, 0.25) is 10.0 Å². The van der Waals surface area contributed by atoms with Gasteiger partial charge in [0, 0.05) is 19.5 Å². The van der Waals surface area contributed by atoms with Crippen molar-refractivity contribution in [1.82, 2.24) is 14.5 Å². The van der Waals surface area contributed by atoms with Gasteiger partial charge in [0.05, 0.1) is 30.2 Å². The number of ether oxygens (including phenoxy) is 1. The Morgan fingerprint density at radius 1 is 1.43 bits per heavy atom. The summed E-state index contributed by atoms with van der Waals surface area (Å²) in [6.07, 6.45) is 2.78. The van der Waals surface area contributed by atoms with Gasteiger partial charge in [-0.15, -0.1) is 5.10 Å². The number of anilines is 1. The maximum Gasteiger partial charge on any atom is 0.211 e. The summed E-state index contributed by atoms with van der Waals surface area (Å²) in [4.78, 5) is 0. The second-order valence-electron chi connectivity index (χ2n) is 5.95. The lowest BCUT2D eigenvalue weighted by molar-refractivity contribution is 0.0173. The number of nitrogens with zero attached hydrogens (tertiary/aromatic N) is 3. The van der Waals surface area contributed by atoms with Crippen LogP contribution in [0.4, 0.5) is 5.82 Å². The van der Waals surface area contributed by atoms with Crippen molar-refractivity contribution in [1.29, 1.82) is 0 Å². The molecule has 1 spiro atoms. The molecule has 2 saturated heterocycles. The zero-order valence-electron chi connectivity index (χ0n) is 12.2. The van der Waals surface area contributed by atoms with E-state index in [1.54, 1.807) is 0 Å². The number of nitrogens with one attached hydrogen (secondary N) is 1. The fourth-order valence-electron chi connectivity index (χ4n) is 3.00. The van der Waals surface area contributed by atoms with Crippen LogP contribution in [0.15, 0.2) is 12.1 Å². The van der Waals surface area contributed by atoms with Crippen LogP contribution >= 0.6 is 0 Å². The molecule has 2 aliphatic rings. The van der Waals surface area contributed by atoms with Crippen LogP contribution < -0.4 is 5.32 Å². The molecule has 3 rings (SSSR count). The quantitative estimate of drug-likeness (QED) is 0.869. The van der Waals surface area contributed by atoms with E-state index in [4.69, 9.17) is 4.74 Å². The molecule has 7 nitrogen and oxygen atoms in total. The SMILES string of the molecule is Cc1ccc(N[C@H]2CO[C@@]3(CCN(S(C)(=O)=O)C3)C2)nn1. The molecule has 3 heterocycles. The molecule has 2 aliphatic heterocycles. The van der Waals surface area contributed by atoms with E-state index in [0.717, 1.165) is 24.4 Å². The van der Waals surface area contributed by atoms with Crippen molar-refractivity contribution in [2.75, 3.05) is 31.3 Å².